The van der Waals surface area contributed by atoms with Gasteiger partial charge in [0.25, 0.3) is 0 Å². The third kappa shape index (κ3) is 19.2. The molecule has 0 unspecified atom stereocenters. The van der Waals surface area contributed by atoms with Gasteiger partial charge in [-0.05, 0) is 36.2 Å². The molecule has 0 radical (unpaired) electrons. The maximum Gasteiger partial charge on any atom is -0.0276 e. The second-order valence-electron chi connectivity index (χ2n) is 7.08. The SMILES string of the molecule is C.C.CC(C)CCc1ccccc1.CCCCC(C)(C)C. The van der Waals surface area contributed by atoms with Crippen LogP contribution in [-0.2, 0) is 6.42 Å². The molecule has 1 aromatic carbocycles. The van der Waals surface area contributed by atoms with Gasteiger partial charge >= 0.3 is 0 Å². The van der Waals surface area contributed by atoms with E-state index in [1.807, 2.05) is 0 Å². The molecule has 1 aromatic rings. The van der Waals surface area contributed by atoms with E-state index in [1.54, 1.807) is 0 Å². The first-order chi connectivity index (χ1) is 8.85. The summed E-state index contributed by atoms with van der Waals surface area (Å²) >= 11 is 0. The molecule has 0 aromatic heterocycles. The monoisotopic (exact) mass is 294 g/mol. The minimum atomic E-state index is 0. The van der Waals surface area contributed by atoms with Gasteiger partial charge in [0.1, 0.15) is 0 Å². The lowest BCUT2D eigenvalue weighted by Crippen LogP contribution is -2.03. The highest BCUT2D eigenvalue weighted by atomic mass is 14.1. The fraction of sp³-hybridized carbons (Fsp3) is 0.714. The van der Waals surface area contributed by atoms with Crippen LogP contribution in [0.15, 0.2) is 30.3 Å². The van der Waals surface area contributed by atoms with Crippen LogP contribution >= 0.6 is 0 Å². The first-order valence-corrected chi connectivity index (χ1v) is 7.89. The summed E-state index contributed by atoms with van der Waals surface area (Å²) in [5.74, 6) is 0.815. The molecule has 126 valence electrons. The van der Waals surface area contributed by atoms with E-state index >= 15 is 0 Å². The van der Waals surface area contributed by atoms with Crippen molar-refractivity contribution in [1.82, 2.24) is 0 Å². The summed E-state index contributed by atoms with van der Waals surface area (Å²) in [4.78, 5) is 0. The van der Waals surface area contributed by atoms with Gasteiger partial charge in [0.2, 0.25) is 0 Å². The molecular weight excluding hydrogens is 252 g/mol. The van der Waals surface area contributed by atoms with Crippen molar-refractivity contribution in [3.63, 3.8) is 0 Å². The first-order valence-electron chi connectivity index (χ1n) is 7.89. The number of unbranched alkanes of at least 4 members (excludes halogenated alkanes) is 1. The zero-order chi connectivity index (χ0) is 14.7. The van der Waals surface area contributed by atoms with Crippen molar-refractivity contribution in [3.05, 3.63) is 35.9 Å². The average molecular weight is 295 g/mol. The molecular formula is C21H42. The highest BCUT2D eigenvalue weighted by molar-refractivity contribution is 5.14. The van der Waals surface area contributed by atoms with Crippen LogP contribution in [0.5, 0.6) is 0 Å². The van der Waals surface area contributed by atoms with Gasteiger partial charge in [-0.3, -0.25) is 0 Å². The van der Waals surface area contributed by atoms with E-state index in [-0.39, 0.29) is 14.9 Å². The Labute approximate surface area is 136 Å². The van der Waals surface area contributed by atoms with Gasteiger partial charge < -0.3 is 0 Å². The van der Waals surface area contributed by atoms with Gasteiger partial charge in [0, 0.05) is 0 Å². The van der Waals surface area contributed by atoms with Crippen molar-refractivity contribution >= 4 is 0 Å². The highest BCUT2D eigenvalue weighted by Gasteiger charge is 2.07. The van der Waals surface area contributed by atoms with E-state index in [0.29, 0.717) is 5.41 Å². The number of rotatable bonds is 5. The van der Waals surface area contributed by atoms with Crippen LogP contribution < -0.4 is 0 Å². The largest absolute Gasteiger partial charge is 0.0776 e. The van der Waals surface area contributed by atoms with Crippen LogP contribution in [0, 0.1) is 11.3 Å². The van der Waals surface area contributed by atoms with Crippen LogP contribution in [0.4, 0.5) is 0 Å². The van der Waals surface area contributed by atoms with Gasteiger partial charge in [-0.2, -0.15) is 0 Å². The van der Waals surface area contributed by atoms with Crippen molar-refractivity contribution < 1.29 is 0 Å². The molecule has 1 rings (SSSR count). The Balaban J connectivity index is -0.000000295. The Hall–Kier alpha value is -0.780. The average Bonchev–Trinajstić information content (AvgIpc) is 2.35. The Morgan fingerprint density at radius 1 is 0.952 bits per heavy atom. The van der Waals surface area contributed by atoms with Crippen LogP contribution in [-0.4, -0.2) is 0 Å². The Morgan fingerprint density at radius 3 is 1.81 bits per heavy atom. The molecule has 0 amide bonds. The molecule has 0 bridgehead atoms. The first kappa shape index (κ1) is 25.2. The van der Waals surface area contributed by atoms with Crippen LogP contribution in [0.25, 0.3) is 0 Å². The summed E-state index contributed by atoms with van der Waals surface area (Å²) in [5, 5.41) is 0. The van der Waals surface area contributed by atoms with E-state index in [2.05, 4.69) is 71.9 Å². The van der Waals surface area contributed by atoms with Crippen molar-refractivity contribution in [2.45, 2.75) is 88.5 Å². The lowest BCUT2D eigenvalue weighted by molar-refractivity contribution is 0.363. The zero-order valence-corrected chi connectivity index (χ0v) is 14.0. The molecule has 0 heteroatoms. The maximum atomic E-state index is 2.29. The fourth-order valence-corrected chi connectivity index (χ4v) is 1.81. The number of hydrogen-bond acceptors (Lipinski definition) is 0. The molecule has 0 N–H and O–H groups in total. The second-order valence-corrected chi connectivity index (χ2v) is 7.08. The number of hydrogen-bond donors (Lipinski definition) is 0. The molecule has 0 heterocycles. The van der Waals surface area contributed by atoms with Gasteiger partial charge in [0.15, 0.2) is 0 Å². The molecule has 0 saturated carbocycles. The normalized spacial score (nSPS) is 10.0. The van der Waals surface area contributed by atoms with E-state index in [9.17, 15) is 0 Å². The fourth-order valence-electron chi connectivity index (χ4n) is 1.81. The molecule has 0 nitrogen and oxygen atoms in total. The summed E-state index contributed by atoms with van der Waals surface area (Å²) in [7, 11) is 0. The van der Waals surface area contributed by atoms with Crippen molar-refractivity contribution in [2.24, 2.45) is 11.3 Å². The molecule has 0 atom stereocenters. The molecule has 0 aliphatic heterocycles. The van der Waals surface area contributed by atoms with Gasteiger partial charge in [0.05, 0.1) is 0 Å². The van der Waals surface area contributed by atoms with Gasteiger partial charge in [-0.15, -0.1) is 0 Å². The predicted octanol–water partition coefficient (Wildman–Crippen LogP) is 7.77. The quantitative estimate of drug-likeness (QED) is 0.520. The van der Waals surface area contributed by atoms with Crippen LogP contribution in [0.3, 0.4) is 0 Å². The molecule has 0 aliphatic carbocycles. The molecule has 0 saturated heterocycles. The lowest BCUT2D eigenvalue weighted by Gasteiger charge is -2.16. The topological polar surface area (TPSA) is 0 Å². The minimum absolute atomic E-state index is 0. The third-order valence-electron chi connectivity index (χ3n) is 3.13. The summed E-state index contributed by atoms with van der Waals surface area (Å²) < 4.78 is 0. The van der Waals surface area contributed by atoms with Gasteiger partial charge in [-0.1, -0.05) is 99.6 Å². The summed E-state index contributed by atoms with van der Waals surface area (Å²) in [6.45, 7) is 13.7. The van der Waals surface area contributed by atoms with Crippen LogP contribution in [0.1, 0.15) is 87.6 Å². The smallest absolute Gasteiger partial charge is 0.0276 e. The Bertz CT molecular complexity index is 290. The Morgan fingerprint density at radius 2 is 1.48 bits per heavy atom. The number of aryl methyl sites for hydroxylation is 1. The predicted molar refractivity (Wildman–Crippen MR) is 102 cm³/mol. The van der Waals surface area contributed by atoms with Crippen molar-refractivity contribution in [3.8, 4) is 0 Å². The van der Waals surface area contributed by atoms with E-state index < -0.39 is 0 Å². The molecule has 0 spiro atoms. The van der Waals surface area contributed by atoms with E-state index in [1.165, 1.54) is 37.7 Å². The second kappa shape index (κ2) is 14.2. The van der Waals surface area contributed by atoms with E-state index in [0.717, 1.165) is 5.92 Å². The molecule has 0 aliphatic rings. The summed E-state index contributed by atoms with van der Waals surface area (Å²) in [5.41, 5.74) is 2.01. The van der Waals surface area contributed by atoms with Crippen molar-refractivity contribution in [1.29, 1.82) is 0 Å². The van der Waals surface area contributed by atoms with E-state index in [4.69, 9.17) is 0 Å². The number of benzene rings is 1. The lowest BCUT2D eigenvalue weighted by atomic mass is 9.90. The Kier molecular flexibility index (Phi) is 17.0. The standard InChI is InChI=1S/C11H16.C8H18.2CH4/c1-10(2)8-9-11-6-4-3-5-7-11;1-5-6-7-8(2,3)4;;/h3-7,10H,8-9H2,1-2H3;5-7H2,1-4H3;2*1H4. The minimum Gasteiger partial charge on any atom is -0.0776 e. The van der Waals surface area contributed by atoms with Crippen LogP contribution in [0.2, 0.25) is 0 Å². The van der Waals surface area contributed by atoms with Gasteiger partial charge in [-0.25, -0.2) is 0 Å². The molecule has 0 fully saturated rings. The zero-order valence-electron chi connectivity index (χ0n) is 14.0. The third-order valence-corrected chi connectivity index (χ3v) is 3.13. The van der Waals surface area contributed by atoms with Crippen molar-refractivity contribution in [2.75, 3.05) is 0 Å². The summed E-state index contributed by atoms with van der Waals surface area (Å²) in [6, 6.07) is 10.7. The summed E-state index contributed by atoms with van der Waals surface area (Å²) in [6.07, 6.45) is 6.59. The molecule has 21 heavy (non-hydrogen) atoms. The highest BCUT2D eigenvalue weighted by Crippen LogP contribution is 2.20. The maximum absolute atomic E-state index is 2.29.